The maximum atomic E-state index is 5.78. The van der Waals surface area contributed by atoms with Crippen LogP contribution in [0.25, 0.3) is 17.0 Å². The lowest BCUT2D eigenvalue weighted by Crippen LogP contribution is -1.93. The molecule has 0 aliphatic heterocycles. The highest BCUT2D eigenvalue weighted by Gasteiger charge is 2.07. The first-order valence-electron chi connectivity index (χ1n) is 5.10. The van der Waals surface area contributed by atoms with Crippen molar-refractivity contribution in [2.45, 2.75) is 0 Å². The number of fused-ring (bicyclic) bond motifs is 1. The summed E-state index contributed by atoms with van der Waals surface area (Å²) in [6.45, 7) is 0. The summed E-state index contributed by atoms with van der Waals surface area (Å²) in [5.41, 5.74) is 8.32. The zero-order valence-corrected chi connectivity index (χ0v) is 11.0. The third-order valence-electron chi connectivity index (χ3n) is 2.51. The molecule has 0 saturated heterocycles. The van der Waals surface area contributed by atoms with E-state index >= 15 is 0 Å². The summed E-state index contributed by atoms with van der Waals surface area (Å²) in [4.78, 5) is 0. The number of hydrogen-bond acceptors (Lipinski definition) is 3. The summed E-state index contributed by atoms with van der Waals surface area (Å²) in [6, 6.07) is 11.8. The molecule has 0 saturated carbocycles. The van der Waals surface area contributed by atoms with E-state index in [4.69, 9.17) is 5.73 Å². The number of aromatic nitrogens is 3. The van der Waals surface area contributed by atoms with E-state index in [1.54, 1.807) is 0 Å². The maximum absolute atomic E-state index is 5.78. The average Bonchev–Trinajstić information content (AvgIpc) is 2.71. The molecule has 2 heterocycles. The van der Waals surface area contributed by atoms with Crippen molar-refractivity contribution in [1.29, 1.82) is 0 Å². The second kappa shape index (κ2) is 3.99. The predicted molar refractivity (Wildman–Crippen MR) is 75.6 cm³/mol. The number of hydrogen-bond donors (Lipinski definition) is 1. The van der Waals surface area contributed by atoms with E-state index in [9.17, 15) is 0 Å². The molecule has 0 unspecified atom stereocenters. The van der Waals surface area contributed by atoms with Crippen LogP contribution in [-0.4, -0.2) is 14.6 Å². The molecule has 3 aromatic rings. The van der Waals surface area contributed by atoms with E-state index < -0.39 is 0 Å². The standard InChI is InChI=1S/C12H9IN4/c13-9-3-1-2-8(6-9)12-16-15-11-5-4-10(14)7-17(11)12/h1-7H,14H2. The Kier molecular flexibility index (Phi) is 2.47. The first-order valence-corrected chi connectivity index (χ1v) is 6.18. The maximum Gasteiger partial charge on any atom is 0.168 e. The van der Waals surface area contributed by atoms with E-state index in [0.717, 1.165) is 17.0 Å². The number of nitrogens with two attached hydrogens (primary N) is 1. The van der Waals surface area contributed by atoms with Crippen LogP contribution in [0.3, 0.4) is 0 Å². The number of benzene rings is 1. The lowest BCUT2D eigenvalue weighted by molar-refractivity contribution is 1.11. The Hall–Kier alpha value is -1.63. The van der Waals surface area contributed by atoms with Gasteiger partial charge in [-0.15, -0.1) is 10.2 Å². The van der Waals surface area contributed by atoms with Crippen molar-refractivity contribution in [1.82, 2.24) is 14.6 Å². The quantitative estimate of drug-likeness (QED) is 0.695. The van der Waals surface area contributed by atoms with Crippen LogP contribution in [0, 0.1) is 3.57 Å². The van der Waals surface area contributed by atoms with E-state index in [2.05, 4.69) is 38.9 Å². The second-order valence-corrected chi connectivity index (χ2v) is 4.97. The van der Waals surface area contributed by atoms with Crippen molar-refractivity contribution >= 4 is 33.9 Å². The van der Waals surface area contributed by atoms with Gasteiger partial charge >= 0.3 is 0 Å². The van der Waals surface area contributed by atoms with Gasteiger partial charge in [0.1, 0.15) is 0 Å². The molecule has 2 N–H and O–H groups in total. The minimum Gasteiger partial charge on any atom is -0.398 e. The lowest BCUT2D eigenvalue weighted by Gasteiger charge is -2.01. The van der Waals surface area contributed by atoms with Crippen LogP contribution >= 0.6 is 22.6 Å². The highest BCUT2D eigenvalue weighted by Crippen LogP contribution is 2.21. The van der Waals surface area contributed by atoms with Crippen LogP contribution < -0.4 is 5.73 Å². The van der Waals surface area contributed by atoms with Crippen molar-refractivity contribution in [3.63, 3.8) is 0 Å². The SMILES string of the molecule is Nc1ccc2nnc(-c3cccc(I)c3)n2c1. The van der Waals surface area contributed by atoms with Crippen molar-refractivity contribution in [3.05, 3.63) is 46.2 Å². The number of nitrogens with zero attached hydrogens (tertiary/aromatic N) is 3. The molecule has 0 fully saturated rings. The summed E-state index contributed by atoms with van der Waals surface area (Å²) >= 11 is 2.28. The molecule has 0 atom stereocenters. The van der Waals surface area contributed by atoms with Crippen LogP contribution in [-0.2, 0) is 0 Å². The molecule has 4 nitrogen and oxygen atoms in total. The van der Waals surface area contributed by atoms with Gasteiger partial charge in [0.25, 0.3) is 0 Å². The molecular formula is C12H9IN4. The third kappa shape index (κ3) is 1.86. The van der Waals surface area contributed by atoms with Gasteiger partial charge in [-0.25, -0.2) is 0 Å². The molecule has 84 valence electrons. The average molecular weight is 336 g/mol. The minimum atomic E-state index is 0.698. The van der Waals surface area contributed by atoms with E-state index in [-0.39, 0.29) is 0 Å². The fourth-order valence-electron chi connectivity index (χ4n) is 1.73. The Morgan fingerprint density at radius 1 is 1.12 bits per heavy atom. The lowest BCUT2D eigenvalue weighted by atomic mass is 10.2. The van der Waals surface area contributed by atoms with Crippen LogP contribution in [0.2, 0.25) is 0 Å². The van der Waals surface area contributed by atoms with Gasteiger partial charge in [0.15, 0.2) is 11.5 Å². The normalized spacial score (nSPS) is 10.9. The third-order valence-corrected chi connectivity index (χ3v) is 3.18. The van der Waals surface area contributed by atoms with Gasteiger partial charge in [-0.3, -0.25) is 4.40 Å². The predicted octanol–water partition coefficient (Wildman–Crippen LogP) is 2.58. The zero-order valence-electron chi connectivity index (χ0n) is 8.84. The molecule has 17 heavy (non-hydrogen) atoms. The highest BCUT2D eigenvalue weighted by molar-refractivity contribution is 14.1. The molecule has 1 aromatic carbocycles. The Bertz CT molecular complexity index is 690. The van der Waals surface area contributed by atoms with Crippen LogP contribution in [0.4, 0.5) is 5.69 Å². The second-order valence-electron chi connectivity index (χ2n) is 3.72. The largest absolute Gasteiger partial charge is 0.398 e. The van der Waals surface area contributed by atoms with E-state index in [1.165, 1.54) is 3.57 Å². The smallest absolute Gasteiger partial charge is 0.168 e. The molecule has 0 spiro atoms. The Labute approximate surface area is 112 Å². The van der Waals surface area contributed by atoms with Gasteiger partial charge in [0, 0.05) is 21.0 Å². The summed E-state index contributed by atoms with van der Waals surface area (Å²) in [6.07, 6.45) is 1.84. The topological polar surface area (TPSA) is 56.2 Å². The number of anilines is 1. The van der Waals surface area contributed by atoms with Gasteiger partial charge in [-0.2, -0.15) is 0 Å². The Balaban J connectivity index is 2.27. The number of halogens is 1. The van der Waals surface area contributed by atoms with Crippen molar-refractivity contribution in [2.24, 2.45) is 0 Å². The summed E-state index contributed by atoms with van der Waals surface area (Å²) in [5, 5.41) is 8.32. The Morgan fingerprint density at radius 2 is 2.00 bits per heavy atom. The highest BCUT2D eigenvalue weighted by atomic mass is 127. The minimum absolute atomic E-state index is 0.698. The fraction of sp³-hybridized carbons (Fsp3) is 0. The van der Waals surface area contributed by atoms with Crippen LogP contribution in [0.15, 0.2) is 42.6 Å². The van der Waals surface area contributed by atoms with Gasteiger partial charge < -0.3 is 5.73 Å². The van der Waals surface area contributed by atoms with Crippen molar-refractivity contribution in [3.8, 4) is 11.4 Å². The molecule has 0 aliphatic carbocycles. The van der Waals surface area contributed by atoms with Gasteiger partial charge in [0.2, 0.25) is 0 Å². The fourth-order valence-corrected chi connectivity index (χ4v) is 2.27. The molecule has 0 amide bonds. The van der Waals surface area contributed by atoms with Crippen molar-refractivity contribution < 1.29 is 0 Å². The molecule has 0 bridgehead atoms. The number of nitrogen functional groups attached to an aromatic ring is 1. The zero-order chi connectivity index (χ0) is 11.8. The van der Waals surface area contributed by atoms with Crippen molar-refractivity contribution in [2.75, 3.05) is 5.73 Å². The molecule has 0 radical (unpaired) electrons. The molecule has 2 aromatic heterocycles. The molecule has 3 rings (SSSR count). The van der Waals surface area contributed by atoms with Gasteiger partial charge in [-0.1, -0.05) is 12.1 Å². The molecular weight excluding hydrogens is 327 g/mol. The summed E-state index contributed by atoms with van der Waals surface area (Å²) in [7, 11) is 0. The summed E-state index contributed by atoms with van der Waals surface area (Å²) < 4.78 is 3.07. The van der Waals surface area contributed by atoms with Gasteiger partial charge in [0.05, 0.1) is 0 Å². The van der Waals surface area contributed by atoms with Crippen LogP contribution in [0.5, 0.6) is 0 Å². The van der Waals surface area contributed by atoms with E-state index in [1.807, 2.05) is 40.9 Å². The molecule has 0 aliphatic rings. The number of pyridine rings is 1. The van der Waals surface area contributed by atoms with Crippen LogP contribution in [0.1, 0.15) is 0 Å². The van der Waals surface area contributed by atoms with Gasteiger partial charge in [-0.05, 0) is 46.9 Å². The Morgan fingerprint density at radius 3 is 2.82 bits per heavy atom. The number of rotatable bonds is 1. The first-order chi connectivity index (χ1) is 8.24. The molecule has 5 heteroatoms. The first kappa shape index (κ1) is 10.5. The summed E-state index contributed by atoms with van der Waals surface area (Å²) in [5.74, 6) is 0.811. The monoisotopic (exact) mass is 336 g/mol. The van der Waals surface area contributed by atoms with E-state index in [0.29, 0.717) is 5.69 Å².